The number of thiophene rings is 2. The number of benzene rings is 1. The Bertz CT molecular complexity index is 1430. The number of carbonyl (C=O) groups is 2. The van der Waals surface area contributed by atoms with E-state index in [1.165, 1.54) is 22.2 Å². The normalized spacial score (nSPS) is 13.9. The van der Waals surface area contributed by atoms with Gasteiger partial charge in [-0.25, -0.2) is 4.98 Å². The lowest BCUT2D eigenvalue weighted by molar-refractivity contribution is -0.116. The first kappa shape index (κ1) is 22.5. The molecule has 0 atom stereocenters. The number of para-hydroxylation sites is 1. The van der Waals surface area contributed by atoms with E-state index >= 15 is 0 Å². The van der Waals surface area contributed by atoms with E-state index in [0.29, 0.717) is 21.5 Å². The highest BCUT2D eigenvalue weighted by molar-refractivity contribution is 7.19. The van der Waals surface area contributed by atoms with Crippen LogP contribution in [0.25, 0.3) is 20.7 Å². The Morgan fingerprint density at radius 2 is 1.94 bits per heavy atom. The quantitative estimate of drug-likeness (QED) is 0.404. The molecule has 3 heterocycles. The van der Waals surface area contributed by atoms with Crippen molar-refractivity contribution in [1.82, 2.24) is 14.9 Å². The van der Waals surface area contributed by atoms with Gasteiger partial charge in [-0.1, -0.05) is 25.0 Å². The summed E-state index contributed by atoms with van der Waals surface area (Å²) in [7, 11) is 0. The van der Waals surface area contributed by atoms with Crippen molar-refractivity contribution in [2.24, 2.45) is 0 Å². The molecule has 4 aromatic rings. The zero-order valence-corrected chi connectivity index (χ0v) is 20.3. The summed E-state index contributed by atoms with van der Waals surface area (Å²) < 4.78 is 1.32. The second kappa shape index (κ2) is 9.52. The van der Waals surface area contributed by atoms with Gasteiger partial charge >= 0.3 is 0 Å². The molecule has 3 aromatic heterocycles. The second-order valence-electron chi connectivity index (χ2n) is 8.47. The zero-order chi connectivity index (χ0) is 23.7. The van der Waals surface area contributed by atoms with Crippen molar-refractivity contribution in [2.45, 2.75) is 45.2 Å². The van der Waals surface area contributed by atoms with Gasteiger partial charge < -0.3 is 10.6 Å². The molecule has 0 bridgehead atoms. The molecule has 2 amide bonds. The number of hydrogen-bond acceptors (Lipinski definition) is 6. The lowest BCUT2D eigenvalue weighted by Gasteiger charge is -2.15. The van der Waals surface area contributed by atoms with Gasteiger partial charge in [0.05, 0.1) is 23.0 Å². The van der Waals surface area contributed by atoms with Crippen molar-refractivity contribution in [1.29, 1.82) is 0 Å². The fraction of sp³-hybridized carbons (Fsp3) is 0.280. The van der Waals surface area contributed by atoms with E-state index in [9.17, 15) is 14.4 Å². The predicted octanol–water partition coefficient (Wildman–Crippen LogP) is 4.81. The van der Waals surface area contributed by atoms with Crippen LogP contribution < -0.4 is 16.2 Å². The second-order valence-corrected chi connectivity index (χ2v) is 10.6. The van der Waals surface area contributed by atoms with Gasteiger partial charge in [-0.15, -0.1) is 22.7 Å². The van der Waals surface area contributed by atoms with Gasteiger partial charge in [-0.05, 0) is 44.0 Å². The van der Waals surface area contributed by atoms with Gasteiger partial charge in [0.15, 0.2) is 0 Å². The fourth-order valence-corrected chi connectivity index (χ4v) is 6.17. The molecule has 5 rings (SSSR count). The van der Waals surface area contributed by atoms with Crippen LogP contribution >= 0.6 is 22.7 Å². The third-order valence-corrected chi connectivity index (χ3v) is 7.94. The zero-order valence-electron chi connectivity index (χ0n) is 18.7. The van der Waals surface area contributed by atoms with Crippen LogP contribution in [0.2, 0.25) is 0 Å². The monoisotopic (exact) mass is 492 g/mol. The Morgan fingerprint density at radius 3 is 2.71 bits per heavy atom. The van der Waals surface area contributed by atoms with Gasteiger partial charge in [0, 0.05) is 26.7 Å². The van der Waals surface area contributed by atoms with Gasteiger partial charge in [0.25, 0.3) is 11.5 Å². The van der Waals surface area contributed by atoms with E-state index in [-0.39, 0.29) is 24.1 Å². The first-order chi connectivity index (χ1) is 16.5. The molecule has 0 aliphatic heterocycles. The Hall–Kier alpha value is -3.30. The number of aromatic nitrogens is 2. The summed E-state index contributed by atoms with van der Waals surface area (Å²) in [5.74, 6) is -0.592. The predicted molar refractivity (Wildman–Crippen MR) is 137 cm³/mol. The first-order valence-electron chi connectivity index (χ1n) is 11.2. The number of carbonyl (C=O) groups excluding carboxylic acids is 2. The fourth-order valence-electron chi connectivity index (χ4n) is 4.31. The molecule has 34 heavy (non-hydrogen) atoms. The first-order valence-corrected chi connectivity index (χ1v) is 12.9. The summed E-state index contributed by atoms with van der Waals surface area (Å²) in [6.07, 6.45) is 5.61. The smallest absolute Gasteiger partial charge is 0.263 e. The molecule has 0 spiro atoms. The summed E-state index contributed by atoms with van der Waals surface area (Å²) in [6, 6.07) is 11.1. The highest BCUT2D eigenvalue weighted by Crippen LogP contribution is 2.34. The number of aryl methyl sites for hydroxylation is 1. The molecule has 1 fully saturated rings. The number of fused-ring (bicyclic) bond motifs is 1. The average Bonchev–Trinajstić information content (AvgIpc) is 3.57. The number of hydrogen-bond donors (Lipinski definition) is 2. The maximum atomic E-state index is 13.2. The van der Waals surface area contributed by atoms with Crippen molar-refractivity contribution in [3.63, 3.8) is 0 Å². The van der Waals surface area contributed by atoms with Crippen molar-refractivity contribution < 1.29 is 9.59 Å². The van der Waals surface area contributed by atoms with Gasteiger partial charge in [0.2, 0.25) is 5.91 Å². The molecule has 7 nitrogen and oxygen atoms in total. The van der Waals surface area contributed by atoms with Crippen LogP contribution in [0.5, 0.6) is 0 Å². The van der Waals surface area contributed by atoms with Crippen LogP contribution in [-0.4, -0.2) is 27.4 Å². The highest BCUT2D eigenvalue weighted by Gasteiger charge is 2.21. The van der Waals surface area contributed by atoms with Gasteiger partial charge in [-0.3, -0.25) is 19.0 Å². The summed E-state index contributed by atoms with van der Waals surface area (Å²) in [5.41, 5.74) is 1.43. The van der Waals surface area contributed by atoms with E-state index in [2.05, 4.69) is 15.6 Å². The maximum absolute atomic E-state index is 13.2. The Morgan fingerprint density at radius 1 is 1.15 bits per heavy atom. The minimum atomic E-state index is -0.395. The molecule has 9 heteroatoms. The number of rotatable bonds is 6. The summed E-state index contributed by atoms with van der Waals surface area (Å²) in [6.45, 7) is 1.83. The molecule has 0 unspecified atom stereocenters. The standard InChI is InChI=1S/C25H24N4O3S2/c1-15-10-11-20(34-15)18-13-33-24-22(18)25(32)29(14-26-24)12-21(30)28-19-9-5-4-8-17(19)23(31)27-16-6-2-3-7-16/h4-5,8-11,13-14,16H,2-3,6-7,12H2,1H3,(H,27,31)(H,28,30). The number of nitrogens with zero attached hydrogens (tertiary/aromatic N) is 2. The molecule has 1 aliphatic rings. The molecular weight excluding hydrogens is 468 g/mol. The van der Waals surface area contributed by atoms with Crippen LogP contribution in [0.1, 0.15) is 40.9 Å². The largest absolute Gasteiger partial charge is 0.349 e. The number of amides is 2. The van der Waals surface area contributed by atoms with E-state index in [1.54, 1.807) is 35.6 Å². The maximum Gasteiger partial charge on any atom is 0.263 e. The number of nitrogens with one attached hydrogen (secondary N) is 2. The van der Waals surface area contributed by atoms with E-state index < -0.39 is 5.91 Å². The third-order valence-electron chi connectivity index (χ3n) is 6.02. The lowest BCUT2D eigenvalue weighted by Crippen LogP contribution is -2.33. The Labute approximate surface area is 204 Å². The van der Waals surface area contributed by atoms with Crippen molar-refractivity contribution in [2.75, 3.05) is 5.32 Å². The Balaban J connectivity index is 1.36. The molecule has 0 radical (unpaired) electrons. The molecular formula is C25H24N4O3S2. The topological polar surface area (TPSA) is 93.1 Å². The van der Waals surface area contributed by atoms with Crippen LogP contribution in [-0.2, 0) is 11.3 Å². The van der Waals surface area contributed by atoms with Crippen LogP contribution in [0.3, 0.4) is 0 Å². The Kier molecular flexibility index (Phi) is 6.30. The third kappa shape index (κ3) is 4.53. The highest BCUT2D eigenvalue weighted by atomic mass is 32.1. The minimum absolute atomic E-state index is 0.180. The molecule has 1 aromatic carbocycles. The lowest BCUT2D eigenvalue weighted by atomic mass is 10.1. The van der Waals surface area contributed by atoms with E-state index in [1.807, 2.05) is 24.4 Å². The van der Waals surface area contributed by atoms with E-state index in [0.717, 1.165) is 41.0 Å². The van der Waals surface area contributed by atoms with Crippen LogP contribution in [0.15, 0.2) is 52.9 Å². The molecule has 2 N–H and O–H groups in total. The van der Waals surface area contributed by atoms with Gasteiger partial charge in [-0.2, -0.15) is 0 Å². The van der Waals surface area contributed by atoms with Crippen molar-refractivity contribution in [3.8, 4) is 10.4 Å². The van der Waals surface area contributed by atoms with Crippen LogP contribution in [0, 0.1) is 6.92 Å². The van der Waals surface area contributed by atoms with Crippen molar-refractivity contribution in [3.05, 3.63) is 68.9 Å². The molecule has 0 saturated heterocycles. The van der Waals surface area contributed by atoms with Gasteiger partial charge in [0.1, 0.15) is 11.4 Å². The number of anilines is 1. The van der Waals surface area contributed by atoms with Crippen LogP contribution in [0.4, 0.5) is 5.69 Å². The summed E-state index contributed by atoms with van der Waals surface area (Å²) in [4.78, 5) is 46.1. The SMILES string of the molecule is Cc1ccc(-c2csc3ncn(CC(=O)Nc4ccccc4C(=O)NC4CCCC4)c(=O)c23)s1. The molecule has 174 valence electrons. The summed E-state index contributed by atoms with van der Waals surface area (Å²) >= 11 is 3.04. The molecule has 1 saturated carbocycles. The minimum Gasteiger partial charge on any atom is -0.349 e. The van der Waals surface area contributed by atoms with E-state index in [4.69, 9.17) is 0 Å². The average molecular weight is 493 g/mol. The molecule has 1 aliphatic carbocycles. The van der Waals surface area contributed by atoms with Crippen molar-refractivity contribution >= 4 is 50.4 Å². The summed E-state index contributed by atoms with van der Waals surface area (Å²) in [5, 5.41) is 8.32.